The van der Waals surface area contributed by atoms with E-state index in [1.165, 1.54) is 18.2 Å². The lowest BCUT2D eigenvalue weighted by Gasteiger charge is -2.55. The van der Waals surface area contributed by atoms with Crippen LogP contribution in [0.5, 0.6) is 5.75 Å². The molecule has 0 unspecified atom stereocenters. The quantitative estimate of drug-likeness (QED) is 0.320. The number of phenols is 1. The lowest BCUT2D eigenvalue weighted by Crippen LogP contribution is -2.59. The summed E-state index contributed by atoms with van der Waals surface area (Å²) in [6, 6.07) is 21.4. The number of ketones is 2. The Hall–Kier alpha value is -4.82. The zero-order valence-electron chi connectivity index (χ0n) is 23.4. The van der Waals surface area contributed by atoms with Crippen LogP contribution in [-0.4, -0.2) is 39.4 Å². The Labute approximate surface area is 257 Å². The lowest BCUT2D eigenvalue weighted by molar-refractivity contribution is -0.137. The van der Waals surface area contributed by atoms with Crippen molar-refractivity contribution in [1.82, 2.24) is 4.90 Å². The van der Waals surface area contributed by atoms with Gasteiger partial charge in [-0.1, -0.05) is 90.0 Å². The van der Waals surface area contributed by atoms with Gasteiger partial charge in [-0.15, -0.1) is 0 Å². The van der Waals surface area contributed by atoms with E-state index in [1.54, 1.807) is 30.3 Å². The summed E-state index contributed by atoms with van der Waals surface area (Å²) in [5.41, 5.74) is 6.72. The molecular weight excluding hydrogens is 580 g/mol. The summed E-state index contributed by atoms with van der Waals surface area (Å²) in [7, 11) is 0. The van der Waals surface area contributed by atoms with Crippen molar-refractivity contribution in [2.75, 3.05) is 0 Å². The number of benzene rings is 3. The van der Waals surface area contributed by atoms with E-state index in [1.807, 2.05) is 42.5 Å². The number of nitrogens with zero attached hydrogens (tertiary/aromatic N) is 1. The number of carbonyl (C=O) groups excluding carboxylic acids is 5. The first-order valence-electron chi connectivity index (χ1n) is 14.4. The molecule has 0 aromatic heterocycles. The number of fused-ring (bicyclic) bond motifs is 4. The van der Waals surface area contributed by atoms with Crippen LogP contribution in [0.1, 0.15) is 35.4 Å². The van der Waals surface area contributed by atoms with Crippen molar-refractivity contribution in [2.24, 2.45) is 29.4 Å². The van der Waals surface area contributed by atoms with Crippen molar-refractivity contribution < 1.29 is 29.1 Å². The third kappa shape index (κ3) is 3.80. The fourth-order valence-electron chi connectivity index (χ4n) is 8.19. The van der Waals surface area contributed by atoms with Gasteiger partial charge in [0.1, 0.15) is 5.75 Å². The Kier molecular flexibility index (Phi) is 6.44. The molecule has 44 heavy (non-hydrogen) atoms. The number of aromatic hydroxyl groups is 1. The summed E-state index contributed by atoms with van der Waals surface area (Å²) in [5.74, 6) is -6.13. The maximum absolute atomic E-state index is 14.9. The number of phenolic OH excluding ortho intramolecular Hbond substituents is 1. The standard InChI is InChI=1S/C35H27ClN2O6/c36-27-15-20(39)11-12-22(27)30-21-13-14-23-29(33(43)38(32(23)42)34(37)44)25(21)16-26-31(41)24(18-7-3-1-4-8-18)17-28(40)35(26,30)19-9-5-2-6-10-19/h1-13,15,17,23,25-26,29-30,39H,14,16H2,(H2,37,44)/t23-,25+,26-,29-,30+,35-/m0/s1. The smallest absolute Gasteiger partial charge is 0.328 e. The SMILES string of the molecule is NC(=O)N1C(=O)[C@H]2[C@H](CC=C3[C@H]2C[C@H]2C(=O)C(c4ccccc4)=CC(=O)[C@@]2(c2ccccc2)[C@H]3c2ccc(O)cc2Cl)C1=O. The Morgan fingerprint density at radius 2 is 1.59 bits per heavy atom. The normalized spacial score (nSPS) is 29.4. The van der Waals surface area contributed by atoms with Gasteiger partial charge in [0.2, 0.25) is 11.8 Å². The van der Waals surface area contributed by atoms with Crippen molar-refractivity contribution in [1.29, 1.82) is 0 Å². The summed E-state index contributed by atoms with van der Waals surface area (Å²) in [5, 5.41) is 10.4. The Morgan fingerprint density at radius 1 is 0.909 bits per heavy atom. The minimum Gasteiger partial charge on any atom is -0.508 e. The minimum absolute atomic E-state index is 0.0694. The Bertz CT molecular complexity index is 1830. The van der Waals surface area contributed by atoms with Crippen LogP contribution in [0.3, 0.4) is 0 Å². The van der Waals surface area contributed by atoms with Crippen molar-refractivity contribution >= 4 is 46.6 Å². The number of primary amides is 1. The van der Waals surface area contributed by atoms with Crippen LogP contribution in [-0.2, 0) is 24.6 Å². The number of likely N-dealkylation sites (tertiary alicyclic amines) is 1. The molecule has 8 nitrogen and oxygen atoms in total. The van der Waals surface area contributed by atoms with Gasteiger partial charge in [-0.05, 0) is 53.7 Å². The van der Waals surface area contributed by atoms with E-state index in [9.17, 15) is 29.1 Å². The predicted octanol–water partition coefficient (Wildman–Crippen LogP) is 4.95. The van der Waals surface area contributed by atoms with Crippen molar-refractivity contribution in [3.8, 4) is 5.75 Å². The van der Waals surface area contributed by atoms with E-state index in [4.69, 9.17) is 17.3 Å². The molecule has 0 bridgehead atoms. The number of allylic oxidation sites excluding steroid dienone is 4. The minimum atomic E-state index is -1.44. The molecule has 1 saturated heterocycles. The third-order valence-corrected chi connectivity index (χ3v) is 10.2. The van der Waals surface area contributed by atoms with Gasteiger partial charge in [-0.3, -0.25) is 19.2 Å². The molecule has 4 aliphatic rings. The molecule has 6 atom stereocenters. The highest BCUT2D eigenvalue weighted by molar-refractivity contribution is 6.33. The van der Waals surface area contributed by atoms with Gasteiger partial charge in [0.15, 0.2) is 11.6 Å². The monoisotopic (exact) mass is 606 g/mol. The molecule has 0 radical (unpaired) electrons. The highest BCUT2D eigenvalue weighted by Crippen LogP contribution is 2.64. The topological polar surface area (TPSA) is 135 Å². The van der Waals surface area contributed by atoms with Crippen LogP contribution in [0.4, 0.5) is 4.79 Å². The molecular formula is C35H27ClN2O6. The first-order valence-corrected chi connectivity index (χ1v) is 14.8. The zero-order chi connectivity index (χ0) is 30.9. The lowest BCUT2D eigenvalue weighted by atomic mass is 9.44. The van der Waals surface area contributed by atoms with E-state index >= 15 is 0 Å². The number of halogens is 1. The molecule has 1 saturated carbocycles. The van der Waals surface area contributed by atoms with Crippen molar-refractivity contribution in [3.05, 3.63) is 118 Å². The molecule has 3 aromatic rings. The molecule has 1 heterocycles. The van der Waals surface area contributed by atoms with Crippen LogP contribution in [0.2, 0.25) is 5.02 Å². The highest BCUT2D eigenvalue weighted by atomic mass is 35.5. The largest absolute Gasteiger partial charge is 0.508 e. The van der Waals surface area contributed by atoms with Gasteiger partial charge in [0, 0.05) is 22.4 Å². The molecule has 3 aliphatic carbocycles. The predicted molar refractivity (Wildman–Crippen MR) is 161 cm³/mol. The second-order valence-corrected chi connectivity index (χ2v) is 12.3. The summed E-state index contributed by atoms with van der Waals surface area (Å²) in [6.45, 7) is 0. The molecule has 4 amide bonds. The third-order valence-electron chi connectivity index (χ3n) is 9.89. The maximum Gasteiger partial charge on any atom is 0.328 e. The average molecular weight is 607 g/mol. The molecule has 220 valence electrons. The molecule has 0 spiro atoms. The summed E-state index contributed by atoms with van der Waals surface area (Å²) >= 11 is 6.82. The second-order valence-electron chi connectivity index (χ2n) is 11.8. The van der Waals surface area contributed by atoms with E-state index in [-0.39, 0.29) is 40.8 Å². The van der Waals surface area contributed by atoms with E-state index in [2.05, 4.69) is 0 Å². The molecule has 9 heteroatoms. The van der Waals surface area contributed by atoms with Gasteiger partial charge in [0.25, 0.3) is 0 Å². The first kappa shape index (κ1) is 28.0. The van der Waals surface area contributed by atoms with E-state index in [0.717, 1.165) is 0 Å². The number of nitrogens with two attached hydrogens (primary N) is 1. The molecule has 7 rings (SSSR count). The van der Waals surface area contributed by atoms with Crippen molar-refractivity contribution in [2.45, 2.75) is 24.2 Å². The summed E-state index contributed by atoms with van der Waals surface area (Å²) < 4.78 is 0. The second kappa shape index (κ2) is 10.1. The first-order chi connectivity index (χ1) is 21.2. The molecule has 1 aliphatic heterocycles. The van der Waals surface area contributed by atoms with Crippen LogP contribution in [0.25, 0.3) is 5.57 Å². The van der Waals surface area contributed by atoms with Gasteiger partial charge in [-0.25, -0.2) is 4.79 Å². The van der Waals surface area contributed by atoms with E-state index < -0.39 is 52.8 Å². The maximum atomic E-state index is 14.9. The Morgan fingerprint density at radius 3 is 2.25 bits per heavy atom. The summed E-state index contributed by atoms with van der Waals surface area (Å²) in [4.78, 5) is 69.2. The van der Waals surface area contributed by atoms with Crippen LogP contribution in [0, 0.1) is 23.7 Å². The van der Waals surface area contributed by atoms with Crippen LogP contribution in [0.15, 0.2) is 96.6 Å². The number of carbonyl (C=O) groups is 5. The highest BCUT2D eigenvalue weighted by Gasteiger charge is 2.66. The number of Topliss-reactive ketones (excluding diaryl/α,β-unsaturated/α-hetero) is 1. The number of hydrogen-bond donors (Lipinski definition) is 2. The number of imide groups is 3. The van der Waals surface area contributed by atoms with Gasteiger partial charge in [0.05, 0.1) is 17.3 Å². The average Bonchev–Trinajstić information content (AvgIpc) is 3.28. The van der Waals surface area contributed by atoms with Crippen LogP contribution < -0.4 is 5.73 Å². The number of amides is 4. The van der Waals surface area contributed by atoms with Crippen molar-refractivity contribution in [3.63, 3.8) is 0 Å². The van der Waals surface area contributed by atoms with Gasteiger partial charge >= 0.3 is 6.03 Å². The summed E-state index contributed by atoms with van der Waals surface area (Å²) in [6.07, 6.45) is 3.53. The number of rotatable bonds is 3. The number of hydrogen-bond acceptors (Lipinski definition) is 6. The zero-order valence-corrected chi connectivity index (χ0v) is 24.1. The van der Waals surface area contributed by atoms with Gasteiger partial charge < -0.3 is 10.8 Å². The van der Waals surface area contributed by atoms with Crippen LogP contribution >= 0.6 is 11.6 Å². The van der Waals surface area contributed by atoms with E-state index in [0.29, 0.717) is 27.2 Å². The van der Waals surface area contributed by atoms with Gasteiger partial charge in [-0.2, -0.15) is 4.90 Å². The fraction of sp³-hybridized carbons (Fsp3) is 0.229. The molecule has 3 N–H and O–H groups in total. The Balaban J connectivity index is 1.52. The molecule has 3 aromatic carbocycles. The fourth-order valence-corrected chi connectivity index (χ4v) is 8.47. The molecule has 2 fully saturated rings. The number of urea groups is 1.